The van der Waals surface area contributed by atoms with E-state index in [-0.39, 0.29) is 36.2 Å². The van der Waals surface area contributed by atoms with Crippen molar-refractivity contribution in [3.8, 4) is 0 Å². The van der Waals surface area contributed by atoms with Gasteiger partial charge in [0, 0.05) is 29.2 Å². The summed E-state index contributed by atoms with van der Waals surface area (Å²) in [4.78, 5) is 26.3. The molecule has 0 spiro atoms. The molecule has 2 N–H and O–H groups in total. The molecule has 2 fully saturated rings. The van der Waals surface area contributed by atoms with E-state index in [4.69, 9.17) is 0 Å². The van der Waals surface area contributed by atoms with Crippen LogP contribution in [0.2, 0.25) is 0 Å². The van der Waals surface area contributed by atoms with Gasteiger partial charge in [-0.05, 0) is 44.1 Å². The number of nitrogens with zero attached hydrogens (tertiary/aromatic N) is 1. The number of carbonyl (C=O) groups excluding carboxylic acids is 2. The maximum absolute atomic E-state index is 12.4. The minimum absolute atomic E-state index is 0. The van der Waals surface area contributed by atoms with Crippen LogP contribution in [0.15, 0.2) is 28.7 Å². The van der Waals surface area contributed by atoms with Crippen LogP contribution >= 0.6 is 28.3 Å². The van der Waals surface area contributed by atoms with Gasteiger partial charge in [0.15, 0.2) is 0 Å². The van der Waals surface area contributed by atoms with Gasteiger partial charge in [0.2, 0.25) is 11.8 Å². The van der Waals surface area contributed by atoms with Crippen LogP contribution in [0.3, 0.4) is 0 Å². The van der Waals surface area contributed by atoms with Crippen molar-refractivity contribution in [3.63, 3.8) is 0 Å². The number of piperidine rings is 1. The third-order valence-electron chi connectivity index (χ3n) is 4.30. The molecule has 1 aromatic carbocycles. The average molecular weight is 403 g/mol. The van der Waals surface area contributed by atoms with Crippen molar-refractivity contribution in [2.24, 2.45) is 5.92 Å². The summed E-state index contributed by atoms with van der Waals surface area (Å²) in [5, 5.41) is 6.38. The number of benzene rings is 1. The van der Waals surface area contributed by atoms with Gasteiger partial charge in [-0.3, -0.25) is 9.59 Å². The number of anilines is 1. The molecule has 1 atom stereocenters. The Morgan fingerprint density at radius 1 is 1.30 bits per heavy atom. The highest BCUT2D eigenvalue weighted by Gasteiger charge is 2.35. The summed E-state index contributed by atoms with van der Waals surface area (Å²) in [6, 6.07) is 7.87. The van der Waals surface area contributed by atoms with Gasteiger partial charge in [-0.2, -0.15) is 0 Å². The van der Waals surface area contributed by atoms with E-state index in [2.05, 4.69) is 26.6 Å². The predicted octanol–water partition coefficient (Wildman–Crippen LogP) is 2.09. The maximum Gasteiger partial charge on any atom is 0.227 e. The van der Waals surface area contributed by atoms with Gasteiger partial charge in [-0.1, -0.05) is 22.0 Å². The van der Waals surface area contributed by atoms with Gasteiger partial charge in [0.05, 0.1) is 5.92 Å². The van der Waals surface area contributed by atoms with Crippen LogP contribution in [0.5, 0.6) is 0 Å². The summed E-state index contributed by atoms with van der Waals surface area (Å²) in [6.45, 7) is 2.35. The average Bonchev–Trinajstić information content (AvgIpc) is 2.90. The quantitative estimate of drug-likeness (QED) is 0.814. The Bertz CT molecular complexity index is 578. The van der Waals surface area contributed by atoms with E-state index >= 15 is 0 Å². The first kappa shape index (κ1) is 18.2. The number of amides is 2. The summed E-state index contributed by atoms with van der Waals surface area (Å²) in [5.74, 6) is -0.220. The Morgan fingerprint density at radius 2 is 2.04 bits per heavy atom. The molecule has 1 unspecified atom stereocenters. The summed E-state index contributed by atoms with van der Waals surface area (Å²) >= 11 is 3.42. The van der Waals surface area contributed by atoms with Crippen LogP contribution < -0.4 is 15.5 Å². The topological polar surface area (TPSA) is 61.4 Å². The van der Waals surface area contributed by atoms with Crippen LogP contribution in [0.4, 0.5) is 5.69 Å². The Labute approximate surface area is 150 Å². The molecule has 5 nitrogen and oxygen atoms in total. The first-order valence-corrected chi connectivity index (χ1v) is 8.50. The van der Waals surface area contributed by atoms with E-state index in [1.807, 2.05) is 24.3 Å². The molecule has 0 aromatic heterocycles. The molecule has 2 saturated heterocycles. The van der Waals surface area contributed by atoms with Crippen molar-refractivity contribution in [2.45, 2.75) is 25.3 Å². The van der Waals surface area contributed by atoms with Gasteiger partial charge in [-0.15, -0.1) is 12.4 Å². The number of halogens is 2. The molecule has 2 heterocycles. The van der Waals surface area contributed by atoms with E-state index in [0.29, 0.717) is 13.0 Å². The van der Waals surface area contributed by atoms with Crippen molar-refractivity contribution in [1.82, 2.24) is 10.6 Å². The van der Waals surface area contributed by atoms with Gasteiger partial charge < -0.3 is 15.5 Å². The monoisotopic (exact) mass is 401 g/mol. The normalized spacial score (nSPS) is 21.9. The largest absolute Gasteiger partial charge is 0.353 e. The fourth-order valence-electron chi connectivity index (χ4n) is 3.06. The zero-order valence-corrected chi connectivity index (χ0v) is 15.2. The SMILES string of the molecule is Cl.O=C(NC1CCNCC1)C1CC(=O)N(c2cccc(Br)c2)C1. The second-order valence-corrected chi connectivity index (χ2v) is 6.83. The molecule has 2 aliphatic rings. The van der Waals surface area contributed by atoms with Gasteiger partial charge >= 0.3 is 0 Å². The fourth-order valence-corrected chi connectivity index (χ4v) is 3.45. The minimum Gasteiger partial charge on any atom is -0.353 e. The number of hydrogen-bond acceptors (Lipinski definition) is 3. The molecule has 23 heavy (non-hydrogen) atoms. The molecular weight excluding hydrogens is 382 g/mol. The highest BCUT2D eigenvalue weighted by molar-refractivity contribution is 9.10. The molecule has 7 heteroatoms. The Kier molecular flexibility index (Phi) is 6.44. The van der Waals surface area contributed by atoms with Crippen molar-refractivity contribution < 1.29 is 9.59 Å². The highest BCUT2D eigenvalue weighted by atomic mass is 79.9. The Balaban J connectivity index is 0.00000192. The van der Waals surface area contributed by atoms with Crippen molar-refractivity contribution in [3.05, 3.63) is 28.7 Å². The fraction of sp³-hybridized carbons (Fsp3) is 0.500. The van der Waals surface area contributed by atoms with E-state index in [1.165, 1.54) is 0 Å². The molecule has 0 saturated carbocycles. The second-order valence-electron chi connectivity index (χ2n) is 5.92. The van der Waals surface area contributed by atoms with Crippen LogP contribution in [-0.2, 0) is 9.59 Å². The number of carbonyl (C=O) groups is 2. The lowest BCUT2D eigenvalue weighted by atomic mass is 10.0. The molecule has 1 aromatic rings. The molecule has 2 aliphatic heterocycles. The summed E-state index contributed by atoms with van der Waals surface area (Å²) in [7, 11) is 0. The lowest BCUT2D eigenvalue weighted by Gasteiger charge is -2.25. The lowest BCUT2D eigenvalue weighted by molar-refractivity contribution is -0.127. The van der Waals surface area contributed by atoms with Gasteiger partial charge in [-0.25, -0.2) is 0 Å². The molecule has 126 valence electrons. The Hall–Kier alpha value is -1.11. The summed E-state index contributed by atoms with van der Waals surface area (Å²) < 4.78 is 0.931. The number of nitrogens with one attached hydrogen (secondary N) is 2. The Morgan fingerprint density at radius 3 is 2.74 bits per heavy atom. The van der Waals surface area contributed by atoms with E-state index in [9.17, 15) is 9.59 Å². The molecule has 0 radical (unpaired) electrons. The summed E-state index contributed by atoms with van der Waals surface area (Å²) in [5.41, 5.74) is 0.844. The minimum atomic E-state index is -0.249. The van der Waals surface area contributed by atoms with Crippen LogP contribution in [0.1, 0.15) is 19.3 Å². The smallest absolute Gasteiger partial charge is 0.227 e. The van der Waals surface area contributed by atoms with Crippen molar-refractivity contribution in [2.75, 3.05) is 24.5 Å². The molecular formula is C16H21BrClN3O2. The van der Waals surface area contributed by atoms with Crippen molar-refractivity contribution >= 4 is 45.8 Å². The third-order valence-corrected chi connectivity index (χ3v) is 4.79. The van der Waals surface area contributed by atoms with E-state index in [1.54, 1.807) is 4.90 Å². The zero-order chi connectivity index (χ0) is 15.5. The number of hydrogen-bond donors (Lipinski definition) is 2. The standard InChI is InChI=1S/C16H20BrN3O2.ClH/c17-12-2-1-3-14(9-12)20-10-11(8-15(20)21)16(22)19-13-4-6-18-7-5-13;/h1-3,9,11,13,18H,4-8,10H2,(H,19,22);1H. The molecule has 0 aliphatic carbocycles. The lowest BCUT2D eigenvalue weighted by Crippen LogP contribution is -2.45. The molecule has 2 amide bonds. The highest BCUT2D eigenvalue weighted by Crippen LogP contribution is 2.27. The van der Waals surface area contributed by atoms with E-state index in [0.717, 1.165) is 36.1 Å². The van der Waals surface area contributed by atoms with Gasteiger partial charge in [0.1, 0.15) is 0 Å². The van der Waals surface area contributed by atoms with Crippen molar-refractivity contribution in [1.29, 1.82) is 0 Å². The first-order valence-electron chi connectivity index (χ1n) is 7.70. The van der Waals surface area contributed by atoms with Gasteiger partial charge in [0.25, 0.3) is 0 Å². The number of rotatable bonds is 3. The second kappa shape index (κ2) is 8.13. The third kappa shape index (κ3) is 4.46. The van der Waals surface area contributed by atoms with Crippen LogP contribution in [0, 0.1) is 5.92 Å². The zero-order valence-electron chi connectivity index (χ0n) is 12.8. The van der Waals surface area contributed by atoms with Crippen LogP contribution in [-0.4, -0.2) is 37.5 Å². The summed E-state index contributed by atoms with van der Waals surface area (Å²) in [6.07, 6.45) is 2.22. The molecule has 0 bridgehead atoms. The van der Waals surface area contributed by atoms with E-state index < -0.39 is 0 Å². The maximum atomic E-state index is 12.4. The predicted molar refractivity (Wildman–Crippen MR) is 95.9 cm³/mol. The van der Waals surface area contributed by atoms with Crippen LogP contribution in [0.25, 0.3) is 0 Å². The molecule has 3 rings (SSSR count). The first-order chi connectivity index (χ1) is 10.6.